The van der Waals surface area contributed by atoms with Gasteiger partial charge in [-0.15, -0.1) is 0 Å². The molecule has 0 amide bonds. The zero-order valence-corrected chi connectivity index (χ0v) is 15.4. The van der Waals surface area contributed by atoms with Crippen molar-refractivity contribution in [1.82, 2.24) is 0 Å². The van der Waals surface area contributed by atoms with E-state index in [-0.39, 0.29) is 21.2 Å². The Morgan fingerprint density at radius 1 is 0.536 bits per heavy atom. The highest BCUT2D eigenvalue weighted by atomic mass is 16.6. The lowest BCUT2D eigenvalue weighted by atomic mass is 9.74. The van der Waals surface area contributed by atoms with Crippen molar-refractivity contribution in [1.29, 1.82) is 0 Å². The zero-order valence-electron chi connectivity index (χ0n) is 15.4. The molecule has 0 spiro atoms. The Labute approximate surface area is 162 Å². The summed E-state index contributed by atoms with van der Waals surface area (Å²) in [5, 5.41) is 21.9. The number of hydrogen-bond acceptors (Lipinski definition) is 4. The summed E-state index contributed by atoms with van der Waals surface area (Å²) in [6, 6.07) is 13.7. The summed E-state index contributed by atoms with van der Waals surface area (Å²) in [7, 11) is 0. The molecular formula is C22H20N2O4. The van der Waals surface area contributed by atoms with Gasteiger partial charge >= 0.3 is 0 Å². The van der Waals surface area contributed by atoms with Gasteiger partial charge in [0.05, 0.1) is 9.85 Å². The van der Waals surface area contributed by atoms with Crippen molar-refractivity contribution in [3.63, 3.8) is 0 Å². The van der Waals surface area contributed by atoms with Gasteiger partial charge in [0.15, 0.2) is 0 Å². The van der Waals surface area contributed by atoms with E-state index in [2.05, 4.69) is 0 Å². The normalized spacial score (nSPS) is 16.7. The van der Waals surface area contributed by atoms with E-state index in [0.717, 1.165) is 49.7 Å². The highest BCUT2D eigenvalue weighted by molar-refractivity contribution is 5.85. The van der Waals surface area contributed by atoms with E-state index in [0.29, 0.717) is 0 Å². The monoisotopic (exact) mass is 376 g/mol. The van der Waals surface area contributed by atoms with Crippen molar-refractivity contribution >= 4 is 22.5 Å². The molecule has 2 aromatic carbocycles. The Bertz CT molecular complexity index is 918. The summed E-state index contributed by atoms with van der Waals surface area (Å²) in [4.78, 5) is 21.1. The molecule has 0 radical (unpaired) electrons. The van der Waals surface area contributed by atoms with E-state index < -0.39 is 0 Å². The van der Waals surface area contributed by atoms with Crippen LogP contribution in [-0.2, 0) is 0 Å². The Morgan fingerprint density at radius 3 is 1.21 bits per heavy atom. The number of nitro benzene ring substituents is 2. The van der Waals surface area contributed by atoms with Gasteiger partial charge in [0.1, 0.15) is 0 Å². The smallest absolute Gasteiger partial charge is 0.258 e. The standard InChI is InChI=1S/C22H20N2O4/c25-23(26)17-9-5-15(6-10-17)19-13-14-20(22-4-2-1-3-21(19)22)16-7-11-18(12-8-16)24(27)28/h5-12H,1-4,13-14H2. The predicted molar refractivity (Wildman–Crippen MR) is 108 cm³/mol. The fourth-order valence-corrected chi connectivity index (χ4v) is 4.33. The molecule has 28 heavy (non-hydrogen) atoms. The summed E-state index contributed by atoms with van der Waals surface area (Å²) in [6.07, 6.45) is 6.06. The molecule has 0 bridgehead atoms. The van der Waals surface area contributed by atoms with Crippen molar-refractivity contribution < 1.29 is 9.85 Å². The van der Waals surface area contributed by atoms with Gasteiger partial charge in [0, 0.05) is 24.3 Å². The Kier molecular flexibility index (Phi) is 4.77. The molecule has 1 fully saturated rings. The topological polar surface area (TPSA) is 86.3 Å². The minimum atomic E-state index is -0.374. The molecule has 0 aliphatic heterocycles. The fourth-order valence-electron chi connectivity index (χ4n) is 4.33. The first kappa shape index (κ1) is 18.1. The number of allylic oxidation sites excluding steroid dienone is 4. The first-order valence-corrected chi connectivity index (χ1v) is 9.48. The summed E-state index contributed by atoms with van der Waals surface area (Å²) < 4.78 is 0. The number of hydrogen-bond donors (Lipinski definition) is 0. The van der Waals surface area contributed by atoms with Crippen molar-refractivity contribution in [2.45, 2.75) is 38.5 Å². The maximum atomic E-state index is 10.9. The second-order valence-corrected chi connectivity index (χ2v) is 7.23. The molecule has 0 saturated heterocycles. The Morgan fingerprint density at radius 2 is 0.893 bits per heavy atom. The number of nitrogens with zero attached hydrogens (tertiary/aromatic N) is 2. The highest BCUT2D eigenvalue weighted by Crippen LogP contribution is 2.46. The molecule has 0 heterocycles. The molecule has 0 aromatic heterocycles. The van der Waals surface area contributed by atoms with Crippen LogP contribution < -0.4 is 0 Å². The average molecular weight is 376 g/mol. The van der Waals surface area contributed by atoms with Crippen LogP contribution in [0.3, 0.4) is 0 Å². The van der Waals surface area contributed by atoms with Gasteiger partial charge in [-0.3, -0.25) is 20.2 Å². The van der Waals surface area contributed by atoms with Gasteiger partial charge in [-0.25, -0.2) is 0 Å². The number of nitro groups is 2. The minimum Gasteiger partial charge on any atom is -0.258 e. The van der Waals surface area contributed by atoms with E-state index in [4.69, 9.17) is 0 Å². The summed E-state index contributed by atoms with van der Waals surface area (Å²) in [5.74, 6) is 0. The second kappa shape index (κ2) is 7.38. The molecule has 2 aliphatic carbocycles. The van der Waals surface area contributed by atoms with Crippen molar-refractivity contribution in [3.8, 4) is 0 Å². The fraction of sp³-hybridized carbons (Fsp3) is 0.273. The summed E-state index contributed by atoms with van der Waals surface area (Å²) in [6.45, 7) is 0. The largest absolute Gasteiger partial charge is 0.269 e. The molecule has 4 rings (SSSR count). The van der Waals surface area contributed by atoms with E-state index in [9.17, 15) is 20.2 Å². The Hall–Kier alpha value is -3.28. The van der Waals surface area contributed by atoms with Crippen LogP contribution in [0.4, 0.5) is 11.4 Å². The van der Waals surface area contributed by atoms with Crippen LogP contribution in [0.5, 0.6) is 0 Å². The molecule has 0 unspecified atom stereocenters. The molecule has 6 nitrogen and oxygen atoms in total. The quantitative estimate of drug-likeness (QED) is 0.478. The molecule has 2 aromatic rings. The van der Waals surface area contributed by atoms with E-state index in [1.165, 1.54) is 22.3 Å². The van der Waals surface area contributed by atoms with Gasteiger partial charge in [-0.1, -0.05) is 0 Å². The number of benzene rings is 2. The van der Waals surface area contributed by atoms with Crippen LogP contribution >= 0.6 is 0 Å². The number of non-ortho nitro benzene ring substituents is 2. The number of rotatable bonds is 4. The third-order valence-electron chi connectivity index (χ3n) is 5.67. The van der Waals surface area contributed by atoms with Gasteiger partial charge < -0.3 is 0 Å². The van der Waals surface area contributed by atoms with Crippen LogP contribution in [0.1, 0.15) is 49.7 Å². The molecule has 2 aliphatic rings. The highest BCUT2D eigenvalue weighted by Gasteiger charge is 2.26. The SMILES string of the molecule is O=[N+]([O-])c1ccc(C2=C3CCCCC3=C(c3ccc([N+](=O)[O-])cc3)CC2)cc1. The lowest BCUT2D eigenvalue weighted by Crippen LogP contribution is -2.10. The van der Waals surface area contributed by atoms with E-state index in [1.54, 1.807) is 24.3 Å². The van der Waals surface area contributed by atoms with Gasteiger partial charge in [0.2, 0.25) is 0 Å². The zero-order chi connectivity index (χ0) is 19.7. The maximum Gasteiger partial charge on any atom is 0.269 e. The molecule has 6 heteroatoms. The molecule has 0 N–H and O–H groups in total. The van der Waals surface area contributed by atoms with Crippen LogP contribution in [0.25, 0.3) is 11.1 Å². The van der Waals surface area contributed by atoms with Crippen LogP contribution in [0.15, 0.2) is 59.7 Å². The summed E-state index contributed by atoms with van der Waals surface area (Å²) in [5.41, 5.74) is 7.63. The van der Waals surface area contributed by atoms with Crippen molar-refractivity contribution in [2.75, 3.05) is 0 Å². The lowest BCUT2D eigenvalue weighted by molar-refractivity contribution is -0.385. The third kappa shape index (κ3) is 3.33. The Balaban J connectivity index is 1.75. The van der Waals surface area contributed by atoms with Crippen LogP contribution in [0.2, 0.25) is 0 Å². The number of fused-ring (bicyclic) bond motifs is 1. The summed E-state index contributed by atoms with van der Waals surface area (Å²) >= 11 is 0. The van der Waals surface area contributed by atoms with Crippen LogP contribution in [0, 0.1) is 20.2 Å². The lowest BCUT2D eigenvalue weighted by Gasteiger charge is -2.30. The van der Waals surface area contributed by atoms with Gasteiger partial charge in [-0.05, 0) is 96.2 Å². The molecular weight excluding hydrogens is 356 g/mol. The minimum absolute atomic E-state index is 0.108. The molecule has 1 saturated carbocycles. The van der Waals surface area contributed by atoms with Crippen molar-refractivity contribution in [2.24, 2.45) is 0 Å². The predicted octanol–water partition coefficient (Wildman–Crippen LogP) is 6.08. The molecule has 0 atom stereocenters. The van der Waals surface area contributed by atoms with Gasteiger partial charge in [-0.2, -0.15) is 0 Å². The second-order valence-electron chi connectivity index (χ2n) is 7.23. The average Bonchev–Trinajstić information content (AvgIpc) is 2.73. The van der Waals surface area contributed by atoms with E-state index >= 15 is 0 Å². The first-order chi connectivity index (χ1) is 13.5. The van der Waals surface area contributed by atoms with E-state index in [1.807, 2.05) is 24.3 Å². The molecule has 142 valence electrons. The van der Waals surface area contributed by atoms with Crippen molar-refractivity contribution in [3.05, 3.63) is 91.0 Å². The first-order valence-electron chi connectivity index (χ1n) is 9.48. The van der Waals surface area contributed by atoms with Crippen LogP contribution in [-0.4, -0.2) is 9.85 Å². The third-order valence-corrected chi connectivity index (χ3v) is 5.67. The maximum absolute atomic E-state index is 10.9. The van der Waals surface area contributed by atoms with Gasteiger partial charge in [0.25, 0.3) is 11.4 Å².